The van der Waals surface area contributed by atoms with Crippen molar-refractivity contribution in [1.82, 2.24) is 10.2 Å². The molecule has 1 fully saturated rings. The number of nitrogens with one attached hydrogen (secondary N) is 1. The molecular formula is C25H39BClN3O4Si. The molecule has 4 rings (SSSR count). The molecule has 1 saturated heterocycles. The molecule has 1 N–H and O–H groups in total. The van der Waals surface area contributed by atoms with E-state index >= 15 is 0 Å². The number of benzene rings is 1. The van der Waals surface area contributed by atoms with E-state index in [0.29, 0.717) is 29.4 Å². The van der Waals surface area contributed by atoms with E-state index in [4.69, 9.17) is 35.1 Å². The molecule has 35 heavy (non-hydrogen) atoms. The van der Waals surface area contributed by atoms with Gasteiger partial charge in [0.15, 0.2) is 8.32 Å². The van der Waals surface area contributed by atoms with Crippen LogP contribution in [0.3, 0.4) is 0 Å². The summed E-state index contributed by atoms with van der Waals surface area (Å²) in [6.45, 7) is 22.6. The van der Waals surface area contributed by atoms with E-state index in [-0.39, 0.29) is 11.1 Å². The Morgan fingerprint density at radius 2 is 1.86 bits per heavy atom. The molecule has 3 aliphatic rings. The van der Waals surface area contributed by atoms with Gasteiger partial charge in [0.2, 0.25) is 0 Å². The van der Waals surface area contributed by atoms with Crippen molar-refractivity contribution in [3.63, 3.8) is 0 Å². The van der Waals surface area contributed by atoms with Crippen molar-refractivity contribution in [2.45, 2.75) is 90.8 Å². The predicted octanol–water partition coefficient (Wildman–Crippen LogP) is 3.46. The molecule has 1 unspecified atom stereocenters. The SMILES string of the molecule is CC(CO[Si](C)(C)C(C)(C)C)N1C=COc2cc(B3OC(C)(C)C(C)(C)O3)c(Cl)c3c2=C1NCN=3. The lowest BCUT2D eigenvalue weighted by Gasteiger charge is -2.38. The van der Waals surface area contributed by atoms with Crippen LogP contribution in [0, 0.1) is 0 Å². The third-order valence-electron chi connectivity index (χ3n) is 8.10. The maximum Gasteiger partial charge on any atom is 0.496 e. The Kier molecular flexibility index (Phi) is 6.67. The van der Waals surface area contributed by atoms with E-state index in [9.17, 15) is 0 Å². The zero-order chi connectivity index (χ0) is 26.0. The summed E-state index contributed by atoms with van der Waals surface area (Å²) < 4.78 is 25.2. The van der Waals surface area contributed by atoms with Crippen LogP contribution < -0.4 is 26.1 Å². The number of hydrogen-bond donors (Lipinski definition) is 1. The van der Waals surface area contributed by atoms with Crippen molar-refractivity contribution >= 4 is 38.3 Å². The molecule has 3 heterocycles. The van der Waals surface area contributed by atoms with Crippen LogP contribution in [-0.2, 0) is 13.7 Å². The monoisotopic (exact) mass is 519 g/mol. The minimum Gasteiger partial charge on any atom is -0.463 e. The topological polar surface area (TPSA) is 64.6 Å². The lowest BCUT2D eigenvalue weighted by atomic mass is 9.78. The van der Waals surface area contributed by atoms with Gasteiger partial charge in [-0.25, -0.2) is 0 Å². The summed E-state index contributed by atoms with van der Waals surface area (Å²) in [4.78, 5) is 6.86. The van der Waals surface area contributed by atoms with Crippen LogP contribution in [0.25, 0.3) is 5.82 Å². The van der Waals surface area contributed by atoms with Crippen LogP contribution in [0.1, 0.15) is 55.4 Å². The van der Waals surface area contributed by atoms with Gasteiger partial charge in [-0.2, -0.15) is 0 Å². The zero-order valence-corrected chi connectivity index (χ0v) is 24.5. The van der Waals surface area contributed by atoms with E-state index in [1.165, 1.54) is 0 Å². The van der Waals surface area contributed by atoms with Crippen molar-refractivity contribution < 1.29 is 18.5 Å². The van der Waals surface area contributed by atoms with Gasteiger partial charge in [0, 0.05) is 11.7 Å². The molecule has 7 nitrogen and oxygen atoms in total. The number of hydrogen-bond acceptors (Lipinski definition) is 7. The van der Waals surface area contributed by atoms with Gasteiger partial charge >= 0.3 is 7.12 Å². The van der Waals surface area contributed by atoms with E-state index in [1.807, 2.05) is 40.0 Å². The number of nitrogens with zero attached hydrogens (tertiary/aromatic N) is 2. The number of halogens is 1. The summed E-state index contributed by atoms with van der Waals surface area (Å²) in [5, 5.41) is 5.64. The molecule has 192 valence electrons. The molecule has 1 aromatic carbocycles. The van der Waals surface area contributed by atoms with Gasteiger partial charge in [-0.3, -0.25) is 4.99 Å². The standard InChI is InChI=1S/C25H39BClN3O4Si/c1-16(14-32-35(9,10)23(2,3)4)30-11-12-31-18-13-17(26-33-24(5,6)25(7,8)34-26)20(27)21-19(18)22(30)29-15-28-21/h11-13,16,29H,14-15H2,1-10H3. The van der Waals surface area contributed by atoms with Crippen LogP contribution in [0.15, 0.2) is 23.5 Å². The molecule has 1 atom stereocenters. The van der Waals surface area contributed by atoms with Crippen molar-refractivity contribution in [2.24, 2.45) is 4.99 Å². The van der Waals surface area contributed by atoms with Gasteiger partial charge in [-0.05, 0) is 58.8 Å². The van der Waals surface area contributed by atoms with Gasteiger partial charge in [-0.1, -0.05) is 32.4 Å². The fourth-order valence-electron chi connectivity index (χ4n) is 3.99. The van der Waals surface area contributed by atoms with Crippen LogP contribution in [0.5, 0.6) is 5.75 Å². The highest BCUT2D eigenvalue weighted by Crippen LogP contribution is 2.38. The van der Waals surface area contributed by atoms with Gasteiger partial charge in [0.25, 0.3) is 0 Å². The quantitative estimate of drug-likeness (QED) is 0.601. The summed E-state index contributed by atoms with van der Waals surface area (Å²) in [6.07, 6.45) is 3.65. The normalized spacial score (nSPS) is 21.6. The summed E-state index contributed by atoms with van der Waals surface area (Å²) >= 11 is 6.95. The zero-order valence-electron chi connectivity index (χ0n) is 22.7. The highest BCUT2D eigenvalue weighted by Gasteiger charge is 2.52. The third-order valence-corrected chi connectivity index (χ3v) is 13.0. The first-order valence-electron chi connectivity index (χ1n) is 12.3. The molecule has 0 bridgehead atoms. The van der Waals surface area contributed by atoms with Gasteiger partial charge in [0.1, 0.15) is 24.5 Å². The fraction of sp³-hybridized carbons (Fsp3) is 0.640. The number of rotatable bonds is 5. The van der Waals surface area contributed by atoms with E-state index in [1.54, 1.807) is 6.26 Å². The van der Waals surface area contributed by atoms with E-state index in [0.717, 1.165) is 16.5 Å². The third kappa shape index (κ3) is 4.66. The Morgan fingerprint density at radius 3 is 2.46 bits per heavy atom. The smallest absolute Gasteiger partial charge is 0.463 e. The highest BCUT2D eigenvalue weighted by atomic mass is 35.5. The van der Waals surface area contributed by atoms with Gasteiger partial charge < -0.3 is 28.7 Å². The number of ether oxygens (including phenoxy) is 1. The maximum absolute atomic E-state index is 6.95. The lowest BCUT2D eigenvalue weighted by Crippen LogP contribution is -2.50. The second-order valence-corrected chi connectivity index (χ2v) is 17.3. The van der Waals surface area contributed by atoms with Gasteiger partial charge in [0.05, 0.1) is 39.4 Å². The van der Waals surface area contributed by atoms with Crippen molar-refractivity contribution in [2.75, 3.05) is 13.3 Å². The van der Waals surface area contributed by atoms with E-state index in [2.05, 4.69) is 51.0 Å². The summed E-state index contributed by atoms with van der Waals surface area (Å²) in [6, 6.07) is 1.99. The Labute approximate surface area is 215 Å². The van der Waals surface area contributed by atoms with Crippen LogP contribution in [-0.4, -0.2) is 50.9 Å². The summed E-state index contributed by atoms with van der Waals surface area (Å²) in [5.74, 6) is 1.57. The summed E-state index contributed by atoms with van der Waals surface area (Å²) in [5.41, 5.74) is -0.226. The predicted molar refractivity (Wildman–Crippen MR) is 144 cm³/mol. The average molecular weight is 520 g/mol. The lowest BCUT2D eigenvalue weighted by molar-refractivity contribution is 0.00578. The second-order valence-electron chi connectivity index (χ2n) is 12.2. The molecule has 0 amide bonds. The van der Waals surface area contributed by atoms with E-state index < -0.39 is 26.6 Å². The van der Waals surface area contributed by atoms with Crippen molar-refractivity contribution in [1.29, 1.82) is 0 Å². The molecule has 0 aromatic heterocycles. The molecule has 1 aromatic rings. The molecule has 0 spiro atoms. The summed E-state index contributed by atoms with van der Waals surface area (Å²) in [7, 11) is -2.48. The Balaban J connectivity index is 1.73. The Bertz CT molecular complexity index is 1150. The molecule has 3 aliphatic heterocycles. The first-order chi connectivity index (χ1) is 16.1. The van der Waals surface area contributed by atoms with Crippen LogP contribution in [0.4, 0.5) is 0 Å². The molecular weight excluding hydrogens is 481 g/mol. The maximum atomic E-state index is 6.95. The molecule has 0 saturated carbocycles. The highest BCUT2D eigenvalue weighted by molar-refractivity contribution is 6.74. The molecule has 0 radical (unpaired) electrons. The fourth-order valence-corrected chi connectivity index (χ4v) is 5.38. The molecule has 10 heteroatoms. The van der Waals surface area contributed by atoms with Crippen LogP contribution in [0.2, 0.25) is 23.2 Å². The average Bonchev–Trinajstić information content (AvgIpc) is 2.87. The second kappa shape index (κ2) is 8.80. The first kappa shape index (κ1) is 26.5. The Morgan fingerprint density at radius 1 is 1.23 bits per heavy atom. The minimum atomic E-state index is -1.88. The van der Waals surface area contributed by atoms with Gasteiger partial charge in [-0.15, -0.1) is 0 Å². The molecule has 0 aliphatic carbocycles. The largest absolute Gasteiger partial charge is 0.496 e. The first-order valence-corrected chi connectivity index (χ1v) is 15.6. The Hall–Kier alpha value is -1.52. The van der Waals surface area contributed by atoms with Crippen molar-refractivity contribution in [3.8, 4) is 5.75 Å². The minimum absolute atomic E-state index is 0.0740. The van der Waals surface area contributed by atoms with Crippen molar-refractivity contribution in [3.05, 3.63) is 34.1 Å². The van der Waals surface area contributed by atoms with Crippen LogP contribution >= 0.6 is 11.6 Å².